The molecule has 1 aliphatic rings. The van der Waals surface area contributed by atoms with E-state index in [1.165, 1.54) is 96.3 Å². The molecule has 0 aromatic heterocycles. The SMILES string of the molecule is C1CCOC1.CCCCCCCCCCCCCCCCCC(=O)OCO. The first-order valence-corrected chi connectivity index (χ1v) is 11.7. The largest absolute Gasteiger partial charge is 0.439 e. The van der Waals surface area contributed by atoms with Crippen LogP contribution in [-0.4, -0.2) is 31.1 Å². The van der Waals surface area contributed by atoms with Gasteiger partial charge in [-0.05, 0) is 19.3 Å². The van der Waals surface area contributed by atoms with Crippen LogP contribution in [0, 0.1) is 0 Å². The van der Waals surface area contributed by atoms with Crippen molar-refractivity contribution in [3.05, 3.63) is 0 Å². The van der Waals surface area contributed by atoms with Gasteiger partial charge < -0.3 is 14.6 Å². The average molecular weight is 387 g/mol. The summed E-state index contributed by atoms with van der Waals surface area (Å²) in [6, 6.07) is 0. The molecule has 0 atom stereocenters. The Morgan fingerprint density at radius 3 is 1.48 bits per heavy atom. The van der Waals surface area contributed by atoms with E-state index in [1.54, 1.807) is 0 Å². The molecule has 0 radical (unpaired) electrons. The summed E-state index contributed by atoms with van der Waals surface area (Å²) >= 11 is 0. The fourth-order valence-corrected chi connectivity index (χ4v) is 3.30. The topological polar surface area (TPSA) is 55.8 Å². The second-order valence-corrected chi connectivity index (χ2v) is 7.66. The average Bonchev–Trinajstić information content (AvgIpc) is 3.25. The molecule has 0 aromatic carbocycles. The van der Waals surface area contributed by atoms with Crippen LogP contribution in [0.1, 0.15) is 122 Å². The van der Waals surface area contributed by atoms with Crippen molar-refractivity contribution < 1.29 is 19.4 Å². The second kappa shape index (κ2) is 23.4. The number of hydrogen-bond donors (Lipinski definition) is 1. The van der Waals surface area contributed by atoms with Gasteiger partial charge in [0, 0.05) is 19.6 Å². The Kier molecular flexibility index (Phi) is 22.9. The third-order valence-corrected chi connectivity index (χ3v) is 5.04. The third kappa shape index (κ3) is 23.4. The number of unbranched alkanes of at least 4 members (excludes halogenated alkanes) is 14. The summed E-state index contributed by atoms with van der Waals surface area (Å²) in [4.78, 5) is 11.0. The van der Waals surface area contributed by atoms with Gasteiger partial charge >= 0.3 is 5.97 Å². The highest BCUT2D eigenvalue weighted by atomic mass is 16.6. The molecule has 0 aromatic rings. The Hall–Kier alpha value is -0.610. The Labute approximate surface area is 168 Å². The first-order valence-electron chi connectivity index (χ1n) is 11.7. The van der Waals surface area contributed by atoms with Crippen molar-refractivity contribution in [1.29, 1.82) is 0 Å². The summed E-state index contributed by atoms with van der Waals surface area (Å²) in [5.74, 6) is -0.280. The number of hydrogen-bond acceptors (Lipinski definition) is 4. The van der Waals surface area contributed by atoms with E-state index >= 15 is 0 Å². The highest BCUT2D eigenvalue weighted by Crippen LogP contribution is 2.13. The summed E-state index contributed by atoms with van der Waals surface area (Å²) in [6.07, 6.45) is 22.8. The molecule has 0 bridgehead atoms. The maximum Gasteiger partial charge on any atom is 0.307 e. The van der Waals surface area contributed by atoms with Gasteiger partial charge in [0.15, 0.2) is 6.79 Å². The fraction of sp³-hybridized carbons (Fsp3) is 0.957. The third-order valence-electron chi connectivity index (χ3n) is 5.04. The quantitative estimate of drug-likeness (QED) is 0.175. The number of aliphatic hydroxyl groups is 1. The zero-order chi connectivity index (χ0) is 19.8. The van der Waals surface area contributed by atoms with Crippen molar-refractivity contribution in [2.75, 3.05) is 20.0 Å². The van der Waals surface area contributed by atoms with Gasteiger partial charge in [0.25, 0.3) is 0 Å². The summed E-state index contributed by atoms with van der Waals surface area (Å²) in [5, 5.41) is 8.42. The van der Waals surface area contributed by atoms with Crippen LogP contribution in [-0.2, 0) is 14.3 Å². The number of carbonyl (C=O) groups is 1. The van der Waals surface area contributed by atoms with Crippen molar-refractivity contribution in [3.63, 3.8) is 0 Å². The molecule has 4 heteroatoms. The van der Waals surface area contributed by atoms with Crippen LogP contribution in [0.5, 0.6) is 0 Å². The van der Waals surface area contributed by atoms with E-state index in [-0.39, 0.29) is 5.97 Å². The van der Waals surface area contributed by atoms with Crippen molar-refractivity contribution in [1.82, 2.24) is 0 Å². The molecule has 27 heavy (non-hydrogen) atoms. The van der Waals surface area contributed by atoms with Crippen molar-refractivity contribution in [2.24, 2.45) is 0 Å². The molecule has 4 nitrogen and oxygen atoms in total. The van der Waals surface area contributed by atoms with Crippen LogP contribution in [0.15, 0.2) is 0 Å². The highest BCUT2D eigenvalue weighted by Gasteiger charge is 2.01. The van der Waals surface area contributed by atoms with Crippen molar-refractivity contribution in [3.8, 4) is 0 Å². The standard InChI is InChI=1S/C19H38O3.C4H8O/c1-2-3-4-5-6-7-8-9-10-11-12-13-14-15-16-17-19(21)22-18-20;1-2-4-5-3-1/h20H,2-18H2,1H3;1-4H2. The van der Waals surface area contributed by atoms with E-state index in [4.69, 9.17) is 9.84 Å². The van der Waals surface area contributed by atoms with Crippen LogP contribution in [0.25, 0.3) is 0 Å². The van der Waals surface area contributed by atoms with Crippen LogP contribution in [0.4, 0.5) is 0 Å². The molecular formula is C23H46O4. The number of ether oxygens (including phenoxy) is 2. The Balaban J connectivity index is 0.00000115. The fourth-order valence-electron chi connectivity index (χ4n) is 3.30. The molecular weight excluding hydrogens is 340 g/mol. The predicted molar refractivity (Wildman–Crippen MR) is 113 cm³/mol. The van der Waals surface area contributed by atoms with Gasteiger partial charge in [-0.1, -0.05) is 96.8 Å². The van der Waals surface area contributed by atoms with E-state index in [1.807, 2.05) is 0 Å². The van der Waals surface area contributed by atoms with Gasteiger partial charge in [-0.2, -0.15) is 0 Å². The zero-order valence-corrected chi connectivity index (χ0v) is 18.0. The normalized spacial score (nSPS) is 13.3. The maximum atomic E-state index is 11.0. The maximum absolute atomic E-state index is 11.0. The predicted octanol–water partition coefficient (Wildman–Crippen LogP) is 6.54. The zero-order valence-electron chi connectivity index (χ0n) is 18.0. The van der Waals surface area contributed by atoms with Gasteiger partial charge in [-0.15, -0.1) is 0 Å². The number of esters is 1. The summed E-state index contributed by atoms with van der Waals surface area (Å²) in [6.45, 7) is 3.78. The Bertz CT molecular complexity index is 282. The summed E-state index contributed by atoms with van der Waals surface area (Å²) in [7, 11) is 0. The van der Waals surface area contributed by atoms with E-state index in [9.17, 15) is 4.79 Å². The molecule has 1 fully saturated rings. The molecule has 0 amide bonds. The van der Waals surface area contributed by atoms with E-state index < -0.39 is 6.79 Å². The first-order chi connectivity index (χ1) is 13.3. The van der Waals surface area contributed by atoms with Crippen molar-refractivity contribution in [2.45, 2.75) is 122 Å². The molecule has 0 spiro atoms. The van der Waals surface area contributed by atoms with Gasteiger partial charge in [0.05, 0.1) is 0 Å². The highest BCUT2D eigenvalue weighted by molar-refractivity contribution is 5.69. The van der Waals surface area contributed by atoms with E-state index in [2.05, 4.69) is 11.7 Å². The molecule has 1 rings (SSSR count). The van der Waals surface area contributed by atoms with E-state index in [0.29, 0.717) is 6.42 Å². The lowest BCUT2D eigenvalue weighted by molar-refractivity contribution is -0.151. The van der Waals surface area contributed by atoms with Crippen LogP contribution in [0.3, 0.4) is 0 Å². The minimum atomic E-state index is -0.489. The minimum absolute atomic E-state index is 0.280. The van der Waals surface area contributed by atoms with E-state index in [0.717, 1.165) is 26.1 Å². The summed E-state index contributed by atoms with van der Waals surface area (Å²) in [5.41, 5.74) is 0. The molecule has 0 unspecified atom stereocenters. The molecule has 1 aliphatic heterocycles. The number of carbonyl (C=O) groups excluding carboxylic acids is 1. The monoisotopic (exact) mass is 386 g/mol. The van der Waals surface area contributed by atoms with Gasteiger partial charge in [0.2, 0.25) is 0 Å². The molecule has 162 valence electrons. The van der Waals surface area contributed by atoms with Gasteiger partial charge in [0.1, 0.15) is 0 Å². The molecule has 0 aliphatic carbocycles. The van der Waals surface area contributed by atoms with Crippen LogP contribution in [0.2, 0.25) is 0 Å². The van der Waals surface area contributed by atoms with Crippen LogP contribution < -0.4 is 0 Å². The smallest absolute Gasteiger partial charge is 0.307 e. The molecule has 1 N–H and O–H groups in total. The first kappa shape index (κ1) is 26.4. The number of rotatable bonds is 17. The lowest BCUT2D eigenvalue weighted by atomic mass is 10.0. The Morgan fingerprint density at radius 2 is 1.15 bits per heavy atom. The van der Waals surface area contributed by atoms with Gasteiger partial charge in [-0.3, -0.25) is 4.79 Å². The molecule has 0 saturated carbocycles. The Morgan fingerprint density at radius 1 is 0.741 bits per heavy atom. The van der Waals surface area contributed by atoms with Crippen LogP contribution >= 0.6 is 0 Å². The van der Waals surface area contributed by atoms with Gasteiger partial charge in [-0.25, -0.2) is 0 Å². The minimum Gasteiger partial charge on any atom is -0.439 e. The molecule has 1 saturated heterocycles. The second-order valence-electron chi connectivity index (χ2n) is 7.66. The molecule has 1 heterocycles. The number of aliphatic hydroxyl groups excluding tert-OH is 1. The van der Waals surface area contributed by atoms with Crippen molar-refractivity contribution >= 4 is 5.97 Å². The summed E-state index contributed by atoms with van der Waals surface area (Å²) < 4.78 is 9.42. The lowest BCUT2D eigenvalue weighted by Crippen LogP contribution is -2.04. The lowest BCUT2D eigenvalue weighted by Gasteiger charge is -2.03.